The molecule has 2 heterocycles. The molecular weight excluding hydrogens is 528 g/mol. The number of anilines is 2. The minimum Gasteiger partial charge on any atom is -0.341 e. The van der Waals surface area contributed by atoms with Gasteiger partial charge in [-0.1, -0.05) is 19.3 Å². The number of hydrogen-bond donors (Lipinski definition) is 2. The van der Waals surface area contributed by atoms with Crippen molar-refractivity contribution in [2.75, 3.05) is 22.8 Å². The predicted molar refractivity (Wildman–Crippen MR) is 143 cm³/mol. The fourth-order valence-corrected chi connectivity index (χ4v) is 9.32. The van der Waals surface area contributed by atoms with Gasteiger partial charge < -0.3 is 10.2 Å². The lowest BCUT2D eigenvalue weighted by atomic mass is 9.57. The lowest BCUT2D eigenvalue weighted by molar-refractivity contribution is -0.162. The van der Waals surface area contributed by atoms with E-state index in [-0.39, 0.29) is 51.7 Å². The number of ketones is 1. The molecule has 2 bridgehead atoms. The molecule has 38 heavy (non-hydrogen) atoms. The largest absolute Gasteiger partial charge is 0.341 e. The van der Waals surface area contributed by atoms with Crippen LogP contribution in [0.2, 0.25) is 0 Å². The Morgan fingerprint density at radius 3 is 2.39 bits per heavy atom. The Morgan fingerprint density at radius 2 is 1.71 bits per heavy atom. The molecule has 4 aliphatic carbocycles. The number of carbonyl (C=O) groups is 2. The summed E-state index contributed by atoms with van der Waals surface area (Å²) in [5.74, 6) is -1.35. The number of benzene rings is 1. The molecule has 0 spiro atoms. The number of nitrogens with zero attached hydrogens (tertiary/aromatic N) is 2. The Morgan fingerprint density at radius 1 is 1.03 bits per heavy atom. The van der Waals surface area contributed by atoms with Gasteiger partial charge in [0.1, 0.15) is 10.7 Å². The number of sulfonamides is 2. The molecule has 6 aliphatic rings. The van der Waals surface area contributed by atoms with Crippen LogP contribution in [0.5, 0.6) is 0 Å². The van der Waals surface area contributed by atoms with Crippen LogP contribution in [-0.2, 0) is 29.6 Å². The van der Waals surface area contributed by atoms with E-state index >= 15 is 0 Å². The summed E-state index contributed by atoms with van der Waals surface area (Å²) >= 11 is 0. The molecule has 7 rings (SSSR count). The molecule has 4 saturated carbocycles. The van der Waals surface area contributed by atoms with Crippen LogP contribution in [0.3, 0.4) is 0 Å². The second-order valence-corrected chi connectivity index (χ2v) is 15.0. The van der Waals surface area contributed by atoms with Crippen molar-refractivity contribution in [3.63, 3.8) is 0 Å². The van der Waals surface area contributed by atoms with Crippen LogP contribution in [0.25, 0.3) is 0 Å². The van der Waals surface area contributed by atoms with E-state index in [2.05, 4.69) is 14.4 Å². The van der Waals surface area contributed by atoms with E-state index < -0.39 is 26.0 Å². The minimum absolute atomic E-state index is 0.0832. The Labute approximate surface area is 223 Å². The molecule has 3 atom stereocenters. The summed E-state index contributed by atoms with van der Waals surface area (Å²) in [6, 6.07) is 3.95. The third-order valence-corrected chi connectivity index (χ3v) is 11.1. The van der Waals surface area contributed by atoms with Crippen molar-refractivity contribution in [3.8, 4) is 0 Å². The summed E-state index contributed by atoms with van der Waals surface area (Å²) in [5.41, 5.74) is 0.251. The summed E-state index contributed by atoms with van der Waals surface area (Å²) in [5, 5.41) is 2.96. The van der Waals surface area contributed by atoms with Gasteiger partial charge in [-0.15, -0.1) is 4.40 Å². The number of amidine groups is 1. The molecule has 1 aromatic rings. The van der Waals surface area contributed by atoms with Crippen molar-refractivity contribution < 1.29 is 26.4 Å². The molecule has 1 amide bonds. The topological polar surface area (TPSA) is 142 Å². The van der Waals surface area contributed by atoms with Gasteiger partial charge in [-0.25, -0.2) is 8.42 Å². The molecule has 10 nitrogen and oxygen atoms in total. The molecule has 0 aromatic heterocycles. The SMILES string of the molecule is CS(=O)(=O)Nc1ccc2c(c1)S(=O)(=O)N=C(C1C(=O)[C@@H]3C4CCC(CC4)[C@@H]3N(CC3CCCCC3)C1=O)N2. The number of amides is 1. The lowest BCUT2D eigenvalue weighted by Gasteiger charge is -2.56. The zero-order chi connectivity index (χ0) is 26.8. The Hall–Kier alpha value is -2.47. The summed E-state index contributed by atoms with van der Waals surface area (Å²) in [7, 11) is -7.90. The Bertz CT molecular complexity index is 1410. The van der Waals surface area contributed by atoms with Gasteiger partial charge in [0.25, 0.3) is 10.0 Å². The van der Waals surface area contributed by atoms with E-state index in [1.165, 1.54) is 24.6 Å². The van der Waals surface area contributed by atoms with E-state index in [1.54, 1.807) is 0 Å². The highest BCUT2D eigenvalue weighted by Gasteiger charge is 2.58. The number of hydrogen-bond acceptors (Lipinski definition) is 7. The van der Waals surface area contributed by atoms with Crippen LogP contribution in [0, 0.1) is 29.6 Å². The highest BCUT2D eigenvalue weighted by molar-refractivity contribution is 7.92. The molecule has 0 radical (unpaired) electrons. The molecule has 2 N–H and O–H groups in total. The predicted octanol–water partition coefficient (Wildman–Crippen LogP) is 2.98. The number of rotatable bonds is 5. The summed E-state index contributed by atoms with van der Waals surface area (Å²) in [6.07, 6.45) is 10.6. The lowest BCUT2D eigenvalue weighted by Crippen LogP contribution is -2.67. The standard InChI is InChI=1S/C26H34N4O6S2/c1-37(33,34)28-18-11-12-19-20(13-18)38(35,36)29-25(27-19)22-24(31)21-16-7-9-17(10-8-16)23(21)30(26(22)32)14-15-5-3-2-4-6-15/h11-13,15-17,21-23,28H,2-10,14H2,1H3,(H,27,29)/t16?,17?,21-,22?,23+/m1/s1. The van der Waals surface area contributed by atoms with E-state index in [9.17, 15) is 26.4 Å². The second-order valence-electron chi connectivity index (χ2n) is 11.7. The fraction of sp³-hybridized carbons (Fsp3) is 0.654. The fourth-order valence-electron chi connectivity index (χ4n) is 7.59. The molecule has 2 aliphatic heterocycles. The van der Waals surface area contributed by atoms with Crippen LogP contribution in [0.4, 0.5) is 11.4 Å². The van der Waals surface area contributed by atoms with Crippen molar-refractivity contribution in [2.45, 2.75) is 68.7 Å². The first-order chi connectivity index (χ1) is 18.0. The minimum atomic E-state index is -4.28. The van der Waals surface area contributed by atoms with Crippen molar-refractivity contribution >= 4 is 48.9 Å². The average Bonchev–Trinajstić information content (AvgIpc) is 2.87. The third kappa shape index (κ3) is 4.53. The maximum absolute atomic E-state index is 14.1. The van der Waals surface area contributed by atoms with Gasteiger partial charge in [0.2, 0.25) is 15.9 Å². The normalized spacial score (nSPS) is 32.7. The van der Waals surface area contributed by atoms with Gasteiger partial charge in [-0.05, 0) is 74.5 Å². The molecule has 206 valence electrons. The van der Waals surface area contributed by atoms with Crippen LogP contribution in [0.15, 0.2) is 27.5 Å². The van der Waals surface area contributed by atoms with Gasteiger partial charge in [-0.2, -0.15) is 8.42 Å². The first-order valence-corrected chi connectivity index (χ1v) is 16.9. The number of nitrogens with one attached hydrogen (secondary N) is 2. The van der Waals surface area contributed by atoms with Crippen LogP contribution < -0.4 is 10.0 Å². The monoisotopic (exact) mass is 562 g/mol. The van der Waals surface area contributed by atoms with Gasteiger partial charge in [0.15, 0.2) is 11.7 Å². The molecule has 1 unspecified atom stereocenters. The maximum atomic E-state index is 14.1. The molecule has 5 fully saturated rings. The van der Waals surface area contributed by atoms with Crippen LogP contribution in [-0.4, -0.2) is 58.1 Å². The molecule has 1 saturated heterocycles. The van der Waals surface area contributed by atoms with Crippen molar-refractivity contribution in [1.29, 1.82) is 0 Å². The van der Waals surface area contributed by atoms with E-state index in [0.29, 0.717) is 18.4 Å². The number of piperidine rings is 1. The Balaban J connectivity index is 1.36. The first-order valence-electron chi connectivity index (χ1n) is 13.6. The maximum Gasteiger partial charge on any atom is 0.286 e. The number of fused-ring (bicyclic) bond motifs is 3. The van der Waals surface area contributed by atoms with E-state index in [0.717, 1.165) is 57.6 Å². The van der Waals surface area contributed by atoms with Gasteiger partial charge in [0, 0.05) is 24.2 Å². The van der Waals surface area contributed by atoms with Gasteiger partial charge in [0.05, 0.1) is 11.9 Å². The zero-order valence-corrected chi connectivity index (χ0v) is 23.1. The first kappa shape index (κ1) is 25.8. The van der Waals surface area contributed by atoms with Crippen molar-refractivity contribution in [3.05, 3.63) is 18.2 Å². The van der Waals surface area contributed by atoms with Crippen LogP contribution >= 0.6 is 0 Å². The highest BCUT2D eigenvalue weighted by atomic mass is 32.2. The second kappa shape index (κ2) is 9.32. The molecular formula is C26H34N4O6S2. The van der Waals surface area contributed by atoms with Crippen molar-refractivity contribution in [1.82, 2.24) is 4.90 Å². The smallest absolute Gasteiger partial charge is 0.286 e. The Kier molecular flexibility index (Phi) is 6.33. The van der Waals surface area contributed by atoms with E-state index in [4.69, 9.17) is 0 Å². The number of Topliss-reactive ketones (excluding diaryl/α,β-unsaturated/α-hetero) is 1. The van der Waals surface area contributed by atoms with Gasteiger partial charge in [-0.3, -0.25) is 14.3 Å². The van der Waals surface area contributed by atoms with Crippen LogP contribution in [0.1, 0.15) is 57.8 Å². The molecule has 12 heteroatoms. The summed E-state index contributed by atoms with van der Waals surface area (Å²) in [6.45, 7) is 0.615. The van der Waals surface area contributed by atoms with E-state index in [1.807, 2.05) is 4.90 Å². The molecule has 1 aromatic carbocycles. The zero-order valence-electron chi connectivity index (χ0n) is 21.4. The summed E-state index contributed by atoms with van der Waals surface area (Å²) < 4.78 is 55.9. The third-order valence-electron chi connectivity index (χ3n) is 9.18. The summed E-state index contributed by atoms with van der Waals surface area (Å²) in [4.78, 5) is 29.8. The number of carbonyl (C=O) groups excluding carboxylic acids is 2. The quantitative estimate of drug-likeness (QED) is 0.526. The van der Waals surface area contributed by atoms with Crippen molar-refractivity contribution in [2.24, 2.45) is 34.0 Å². The highest BCUT2D eigenvalue weighted by Crippen LogP contribution is 2.51. The van der Waals surface area contributed by atoms with Gasteiger partial charge >= 0.3 is 0 Å². The number of likely N-dealkylation sites (tertiary alicyclic amines) is 1. The average molecular weight is 563 g/mol.